The Balaban J connectivity index is 2.44. The zero-order valence-electron chi connectivity index (χ0n) is 16.8. The second-order valence-corrected chi connectivity index (χ2v) is 8.21. The van der Waals surface area contributed by atoms with E-state index in [0.717, 1.165) is 5.56 Å². The number of aliphatic hydroxyl groups is 1. The lowest BCUT2D eigenvalue weighted by atomic mass is 9.72. The normalized spacial score (nSPS) is 24.3. The second kappa shape index (κ2) is 7.35. The van der Waals surface area contributed by atoms with Gasteiger partial charge in [-0.3, -0.25) is 0 Å². The Hall–Kier alpha value is -1.95. The molecule has 1 aromatic rings. The molecular formula is C20H31NO5. The number of nitrogens with zero attached hydrogens (tertiary/aromatic N) is 1. The molecule has 1 amide bonds. The quantitative estimate of drug-likeness (QED) is 0.885. The van der Waals surface area contributed by atoms with Crippen LogP contribution in [0, 0.1) is 5.41 Å². The molecule has 1 fully saturated rings. The molecule has 0 bridgehead atoms. The molecule has 0 aromatic heterocycles. The number of rotatable bonds is 4. The van der Waals surface area contributed by atoms with Gasteiger partial charge < -0.3 is 24.2 Å². The lowest BCUT2D eigenvalue weighted by Gasteiger charge is -2.34. The van der Waals surface area contributed by atoms with Crippen LogP contribution in [-0.2, 0) is 4.74 Å². The first kappa shape index (κ1) is 20.4. The molecule has 6 heteroatoms. The number of hydrogen-bond acceptors (Lipinski definition) is 5. The predicted octanol–water partition coefficient (Wildman–Crippen LogP) is 3.43. The van der Waals surface area contributed by atoms with Crippen molar-refractivity contribution in [2.24, 2.45) is 5.41 Å². The van der Waals surface area contributed by atoms with Gasteiger partial charge in [0.05, 0.1) is 20.3 Å². The van der Waals surface area contributed by atoms with Gasteiger partial charge >= 0.3 is 6.09 Å². The highest BCUT2D eigenvalue weighted by Crippen LogP contribution is 2.47. The minimum absolute atomic E-state index is 0.0465. The Morgan fingerprint density at radius 2 is 1.96 bits per heavy atom. The smallest absolute Gasteiger partial charge is 0.409 e. The minimum atomic E-state index is -0.587. The third-order valence-corrected chi connectivity index (χ3v) is 5.12. The molecular weight excluding hydrogens is 334 g/mol. The largest absolute Gasteiger partial charge is 0.493 e. The highest BCUT2D eigenvalue weighted by atomic mass is 16.5. The molecule has 6 nitrogen and oxygen atoms in total. The van der Waals surface area contributed by atoms with Crippen LogP contribution in [0.5, 0.6) is 11.5 Å². The third kappa shape index (κ3) is 4.06. The Bertz CT molecular complexity index is 652. The highest BCUT2D eigenvalue weighted by molar-refractivity contribution is 5.68. The summed E-state index contributed by atoms with van der Waals surface area (Å²) in [5.74, 6) is 1.27. The van der Waals surface area contributed by atoms with Crippen molar-refractivity contribution in [3.05, 3.63) is 23.8 Å². The average Bonchev–Trinajstić information content (AvgIpc) is 2.92. The lowest BCUT2D eigenvalue weighted by Crippen LogP contribution is -2.38. The topological polar surface area (TPSA) is 68.2 Å². The van der Waals surface area contributed by atoms with Crippen molar-refractivity contribution in [1.82, 2.24) is 4.90 Å². The summed E-state index contributed by atoms with van der Waals surface area (Å²) < 4.78 is 16.4. The molecule has 1 saturated heterocycles. The molecule has 0 aliphatic carbocycles. The molecule has 1 aromatic carbocycles. The van der Waals surface area contributed by atoms with Crippen LogP contribution in [-0.4, -0.2) is 55.1 Å². The van der Waals surface area contributed by atoms with Gasteiger partial charge in [-0.15, -0.1) is 0 Å². The highest BCUT2D eigenvalue weighted by Gasteiger charge is 2.48. The standard InChI is InChI=1S/C20H31NO5/c1-13(22)20(5)12-21(18(23)25-7)11-15(20)14-8-9-16(24-6)17(10-14)26-19(2,3)4/h8-10,13,15,22H,11-12H2,1-7H3. The number of benzene rings is 1. The summed E-state index contributed by atoms with van der Waals surface area (Å²) in [6.07, 6.45) is -0.963. The van der Waals surface area contributed by atoms with Crippen molar-refractivity contribution in [2.75, 3.05) is 27.3 Å². The van der Waals surface area contributed by atoms with E-state index in [0.29, 0.717) is 24.6 Å². The number of amides is 1. The first-order valence-electron chi connectivity index (χ1n) is 8.89. The Labute approximate surface area is 156 Å². The maximum absolute atomic E-state index is 12.0. The van der Waals surface area contributed by atoms with Crippen molar-refractivity contribution >= 4 is 6.09 Å². The van der Waals surface area contributed by atoms with Crippen LogP contribution in [0.1, 0.15) is 46.1 Å². The predicted molar refractivity (Wildman–Crippen MR) is 99.9 cm³/mol. The van der Waals surface area contributed by atoms with Crippen molar-refractivity contribution in [2.45, 2.75) is 52.2 Å². The van der Waals surface area contributed by atoms with E-state index in [-0.39, 0.29) is 17.6 Å². The number of carbonyl (C=O) groups is 1. The molecule has 26 heavy (non-hydrogen) atoms. The van der Waals surface area contributed by atoms with E-state index in [1.807, 2.05) is 45.9 Å². The van der Waals surface area contributed by atoms with Gasteiger partial charge in [-0.1, -0.05) is 13.0 Å². The minimum Gasteiger partial charge on any atom is -0.493 e. The van der Waals surface area contributed by atoms with Crippen LogP contribution < -0.4 is 9.47 Å². The van der Waals surface area contributed by atoms with E-state index in [1.165, 1.54) is 7.11 Å². The van der Waals surface area contributed by atoms with Gasteiger partial charge in [-0.25, -0.2) is 4.79 Å². The van der Waals surface area contributed by atoms with Gasteiger partial charge in [-0.2, -0.15) is 0 Å². The van der Waals surface area contributed by atoms with Gasteiger partial charge in [0.2, 0.25) is 0 Å². The number of carbonyl (C=O) groups excluding carboxylic acids is 1. The molecule has 3 atom stereocenters. The van der Waals surface area contributed by atoms with Crippen LogP contribution in [0.4, 0.5) is 4.79 Å². The molecule has 0 saturated carbocycles. The van der Waals surface area contributed by atoms with Crippen LogP contribution >= 0.6 is 0 Å². The molecule has 1 heterocycles. The average molecular weight is 365 g/mol. The van der Waals surface area contributed by atoms with Crippen molar-refractivity contribution in [3.8, 4) is 11.5 Å². The maximum Gasteiger partial charge on any atom is 0.409 e. The molecule has 0 radical (unpaired) electrons. The number of likely N-dealkylation sites (tertiary alicyclic amines) is 1. The monoisotopic (exact) mass is 365 g/mol. The van der Waals surface area contributed by atoms with E-state index in [9.17, 15) is 9.90 Å². The summed E-state index contributed by atoms with van der Waals surface area (Å²) in [6, 6.07) is 5.80. The third-order valence-electron chi connectivity index (χ3n) is 5.12. The lowest BCUT2D eigenvalue weighted by molar-refractivity contribution is 0.0469. The summed E-state index contributed by atoms with van der Waals surface area (Å²) in [6.45, 7) is 10.6. The first-order chi connectivity index (χ1) is 12.0. The van der Waals surface area contributed by atoms with E-state index in [2.05, 4.69) is 0 Å². The summed E-state index contributed by atoms with van der Waals surface area (Å²) in [5.41, 5.74) is 0.148. The number of ether oxygens (including phenoxy) is 3. The Morgan fingerprint density at radius 3 is 2.46 bits per heavy atom. The Morgan fingerprint density at radius 1 is 1.31 bits per heavy atom. The molecule has 1 aliphatic rings. The van der Waals surface area contributed by atoms with Crippen LogP contribution in [0.15, 0.2) is 18.2 Å². The maximum atomic E-state index is 12.0. The SMILES string of the molecule is COC(=O)N1CC(c2ccc(OC)c(OC(C)(C)C)c2)C(C)(C(C)O)C1. The fraction of sp³-hybridized carbons (Fsp3) is 0.650. The molecule has 3 unspecified atom stereocenters. The van der Waals surface area contributed by atoms with Gasteiger partial charge in [0.25, 0.3) is 0 Å². The molecule has 1 aliphatic heterocycles. The van der Waals surface area contributed by atoms with E-state index >= 15 is 0 Å². The summed E-state index contributed by atoms with van der Waals surface area (Å²) in [4.78, 5) is 13.7. The summed E-state index contributed by atoms with van der Waals surface area (Å²) in [5, 5.41) is 10.4. The van der Waals surface area contributed by atoms with Gasteiger partial charge in [0.15, 0.2) is 11.5 Å². The zero-order valence-corrected chi connectivity index (χ0v) is 16.8. The molecule has 146 valence electrons. The van der Waals surface area contributed by atoms with Gasteiger partial charge in [0.1, 0.15) is 5.60 Å². The zero-order chi connectivity index (χ0) is 19.7. The van der Waals surface area contributed by atoms with E-state index in [4.69, 9.17) is 14.2 Å². The van der Waals surface area contributed by atoms with Crippen LogP contribution in [0.25, 0.3) is 0 Å². The van der Waals surface area contributed by atoms with Gasteiger partial charge in [0, 0.05) is 24.4 Å². The summed E-state index contributed by atoms with van der Waals surface area (Å²) in [7, 11) is 2.98. The van der Waals surface area contributed by atoms with Crippen molar-refractivity contribution in [1.29, 1.82) is 0 Å². The first-order valence-corrected chi connectivity index (χ1v) is 8.89. The molecule has 1 N–H and O–H groups in total. The number of hydrogen-bond donors (Lipinski definition) is 1. The van der Waals surface area contributed by atoms with Gasteiger partial charge in [-0.05, 0) is 45.4 Å². The summed E-state index contributed by atoms with van der Waals surface area (Å²) >= 11 is 0. The molecule has 2 rings (SSSR count). The molecule has 0 spiro atoms. The van der Waals surface area contributed by atoms with Crippen LogP contribution in [0.2, 0.25) is 0 Å². The second-order valence-electron chi connectivity index (χ2n) is 8.21. The fourth-order valence-electron chi connectivity index (χ4n) is 3.51. The van der Waals surface area contributed by atoms with E-state index in [1.54, 1.807) is 18.9 Å². The van der Waals surface area contributed by atoms with E-state index < -0.39 is 11.5 Å². The van der Waals surface area contributed by atoms with Crippen molar-refractivity contribution in [3.63, 3.8) is 0 Å². The Kier molecular flexibility index (Phi) is 5.76. The fourth-order valence-corrected chi connectivity index (χ4v) is 3.51. The van der Waals surface area contributed by atoms with Crippen molar-refractivity contribution < 1.29 is 24.1 Å². The van der Waals surface area contributed by atoms with Crippen LogP contribution in [0.3, 0.4) is 0 Å². The number of aliphatic hydroxyl groups excluding tert-OH is 1. The number of methoxy groups -OCH3 is 2.